The van der Waals surface area contributed by atoms with Gasteiger partial charge in [0.1, 0.15) is 11.5 Å². The van der Waals surface area contributed by atoms with E-state index < -0.39 is 0 Å². The van der Waals surface area contributed by atoms with E-state index in [2.05, 4.69) is 12.2 Å². The predicted octanol–water partition coefficient (Wildman–Crippen LogP) is 3.29. The van der Waals surface area contributed by atoms with E-state index >= 15 is 0 Å². The topological polar surface area (TPSA) is 59.8 Å². The van der Waals surface area contributed by atoms with Crippen LogP contribution in [0.1, 0.15) is 45.0 Å². The SMILES string of the molecule is CCOC(=O)c1c(NC(=O)c2cccc3ccccc23)sc2c1CC[NH+](CC)C2. The minimum atomic E-state index is -0.349. The Bertz CT molecular complexity index is 1070. The van der Waals surface area contributed by atoms with Crippen LogP contribution in [0.15, 0.2) is 42.5 Å². The first-order valence-corrected chi connectivity index (χ1v) is 10.9. The van der Waals surface area contributed by atoms with Crippen LogP contribution in [0.3, 0.4) is 0 Å². The molecule has 2 heterocycles. The molecule has 2 N–H and O–H groups in total. The largest absolute Gasteiger partial charge is 0.462 e. The highest BCUT2D eigenvalue weighted by molar-refractivity contribution is 7.17. The van der Waals surface area contributed by atoms with Gasteiger partial charge in [0.25, 0.3) is 5.91 Å². The number of amides is 1. The van der Waals surface area contributed by atoms with E-state index in [1.165, 1.54) is 21.1 Å². The minimum Gasteiger partial charge on any atom is -0.462 e. The third kappa shape index (κ3) is 3.78. The molecule has 3 aromatic rings. The van der Waals surface area contributed by atoms with Crippen LogP contribution in [-0.2, 0) is 17.7 Å². The fourth-order valence-electron chi connectivity index (χ4n) is 3.94. The standard InChI is InChI=1S/C23H24N2O3S/c1-3-25-13-12-18-19(14-25)29-22(20(18)23(27)28-4-2)24-21(26)17-11-7-9-15-8-5-6-10-16(15)17/h5-11H,3-4,12-14H2,1-2H3,(H,24,26)/p+1. The summed E-state index contributed by atoms with van der Waals surface area (Å²) in [5.74, 6) is -0.552. The number of rotatable bonds is 5. The van der Waals surface area contributed by atoms with Gasteiger partial charge in [-0.25, -0.2) is 4.79 Å². The zero-order valence-corrected chi connectivity index (χ0v) is 17.5. The molecule has 1 aromatic heterocycles. The van der Waals surface area contributed by atoms with Crippen molar-refractivity contribution in [1.29, 1.82) is 0 Å². The number of nitrogens with one attached hydrogen (secondary N) is 2. The molecule has 6 heteroatoms. The van der Waals surface area contributed by atoms with E-state index in [-0.39, 0.29) is 11.9 Å². The second kappa shape index (κ2) is 8.35. The summed E-state index contributed by atoms with van der Waals surface area (Å²) in [6.45, 7) is 7.20. The number of hydrogen-bond donors (Lipinski definition) is 2. The monoisotopic (exact) mass is 409 g/mol. The molecule has 2 aromatic carbocycles. The molecule has 29 heavy (non-hydrogen) atoms. The molecule has 0 spiro atoms. The molecule has 4 rings (SSSR count). The highest BCUT2D eigenvalue weighted by Crippen LogP contribution is 2.36. The Hall–Kier alpha value is -2.70. The summed E-state index contributed by atoms with van der Waals surface area (Å²) in [5, 5.41) is 5.53. The van der Waals surface area contributed by atoms with Gasteiger partial charge < -0.3 is 15.0 Å². The van der Waals surface area contributed by atoms with E-state index in [4.69, 9.17) is 4.74 Å². The molecule has 0 radical (unpaired) electrons. The molecule has 1 unspecified atom stereocenters. The summed E-state index contributed by atoms with van der Waals surface area (Å²) in [5.41, 5.74) is 2.18. The lowest BCUT2D eigenvalue weighted by atomic mass is 10.0. The summed E-state index contributed by atoms with van der Waals surface area (Å²) < 4.78 is 5.31. The van der Waals surface area contributed by atoms with Crippen molar-refractivity contribution in [3.63, 3.8) is 0 Å². The van der Waals surface area contributed by atoms with Crippen molar-refractivity contribution in [3.8, 4) is 0 Å². The first-order valence-electron chi connectivity index (χ1n) is 10.1. The van der Waals surface area contributed by atoms with E-state index in [0.717, 1.165) is 42.4 Å². The maximum Gasteiger partial charge on any atom is 0.341 e. The summed E-state index contributed by atoms with van der Waals surface area (Å²) in [6, 6.07) is 13.5. The Labute approximate surface area is 174 Å². The van der Waals surface area contributed by atoms with Crippen LogP contribution in [0.5, 0.6) is 0 Å². The lowest BCUT2D eigenvalue weighted by molar-refractivity contribution is -0.913. The number of hydrogen-bond acceptors (Lipinski definition) is 4. The van der Waals surface area contributed by atoms with Crippen LogP contribution in [0.25, 0.3) is 10.8 Å². The predicted molar refractivity (Wildman–Crippen MR) is 116 cm³/mol. The third-order valence-electron chi connectivity index (χ3n) is 5.47. The summed E-state index contributed by atoms with van der Waals surface area (Å²) >= 11 is 1.51. The van der Waals surface area contributed by atoms with Gasteiger partial charge in [-0.1, -0.05) is 36.4 Å². The molecule has 5 nitrogen and oxygen atoms in total. The Morgan fingerprint density at radius 1 is 1.14 bits per heavy atom. The van der Waals surface area contributed by atoms with Crippen molar-refractivity contribution in [2.75, 3.05) is 25.0 Å². The molecule has 0 bridgehead atoms. The maximum atomic E-state index is 13.1. The maximum absolute atomic E-state index is 13.1. The van der Waals surface area contributed by atoms with Crippen LogP contribution in [0.4, 0.5) is 5.00 Å². The molecule has 0 fully saturated rings. The van der Waals surface area contributed by atoms with Gasteiger partial charge in [0.15, 0.2) is 0 Å². The second-order valence-corrected chi connectivity index (χ2v) is 8.29. The molecule has 1 aliphatic heterocycles. The lowest BCUT2D eigenvalue weighted by Crippen LogP contribution is -3.11. The van der Waals surface area contributed by atoms with Crippen molar-refractivity contribution in [1.82, 2.24) is 0 Å². The van der Waals surface area contributed by atoms with Crippen LogP contribution in [-0.4, -0.2) is 31.6 Å². The number of carbonyl (C=O) groups excluding carboxylic acids is 2. The summed E-state index contributed by atoms with van der Waals surface area (Å²) in [7, 11) is 0. The normalized spacial score (nSPS) is 15.7. The number of esters is 1. The first-order chi connectivity index (χ1) is 14.1. The van der Waals surface area contributed by atoms with Crippen LogP contribution in [0.2, 0.25) is 0 Å². The van der Waals surface area contributed by atoms with Crippen molar-refractivity contribution in [3.05, 3.63) is 64.0 Å². The number of anilines is 1. The quantitative estimate of drug-likeness (QED) is 0.636. The number of thiophene rings is 1. The van der Waals surface area contributed by atoms with Gasteiger partial charge in [-0.15, -0.1) is 11.3 Å². The van der Waals surface area contributed by atoms with Gasteiger partial charge in [0.05, 0.1) is 30.1 Å². The van der Waals surface area contributed by atoms with Gasteiger partial charge in [0, 0.05) is 12.0 Å². The Morgan fingerprint density at radius 3 is 2.72 bits per heavy atom. The average Bonchev–Trinajstić information content (AvgIpc) is 3.10. The number of ether oxygens (including phenoxy) is 1. The Balaban J connectivity index is 1.71. The highest BCUT2D eigenvalue weighted by atomic mass is 32.1. The molecule has 1 atom stereocenters. The van der Waals surface area contributed by atoms with E-state index in [0.29, 0.717) is 22.7 Å². The third-order valence-corrected chi connectivity index (χ3v) is 6.62. The fourth-order valence-corrected chi connectivity index (χ4v) is 5.24. The molecule has 150 valence electrons. The smallest absolute Gasteiger partial charge is 0.341 e. The van der Waals surface area contributed by atoms with Gasteiger partial charge in [-0.2, -0.15) is 0 Å². The number of quaternary nitrogens is 1. The van der Waals surface area contributed by atoms with E-state index in [1.54, 1.807) is 6.92 Å². The van der Waals surface area contributed by atoms with E-state index in [1.807, 2.05) is 42.5 Å². The van der Waals surface area contributed by atoms with Crippen molar-refractivity contribution < 1.29 is 19.2 Å². The number of likely N-dealkylation sites (N-methyl/N-ethyl adjacent to an activating group) is 1. The van der Waals surface area contributed by atoms with Gasteiger partial charge >= 0.3 is 5.97 Å². The second-order valence-electron chi connectivity index (χ2n) is 7.19. The molecule has 0 aliphatic carbocycles. The summed E-state index contributed by atoms with van der Waals surface area (Å²) in [4.78, 5) is 28.5. The van der Waals surface area contributed by atoms with Crippen molar-refractivity contribution in [2.24, 2.45) is 0 Å². The molecular formula is C23H25N2O3S+. The minimum absolute atomic E-state index is 0.203. The zero-order chi connectivity index (χ0) is 20.4. The fraction of sp³-hybridized carbons (Fsp3) is 0.304. The Morgan fingerprint density at radius 2 is 1.93 bits per heavy atom. The molecule has 0 saturated carbocycles. The van der Waals surface area contributed by atoms with Crippen LogP contribution in [0, 0.1) is 0 Å². The van der Waals surface area contributed by atoms with E-state index in [9.17, 15) is 9.59 Å². The summed E-state index contributed by atoms with van der Waals surface area (Å²) in [6.07, 6.45) is 0.827. The zero-order valence-electron chi connectivity index (χ0n) is 16.7. The molecular weight excluding hydrogens is 384 g/mol. The highest BCUT2D eigenvalue weighted by Gasteiger charge is 2.31. The van der Waals surface area contributed by atoms with Gasteiger partial charge in [-0.3, -0.25) is 4.79 Å². The van der Waals surface area contributed by atoms with Gasteiger partial charge in [-0.05, 0) is 36.2 Å². The van der Waals surface area contributed by atoms with Crippen molar-refractivity contribution >= 4 is 39.0 Å². The first kappa shape index (κ1) is 19.6. The lowest BCUT2D eigenvalue weighted by Gasteiger charge is -2.22. The number of benzene rings is 2. The van der Waals surface area contributed by atoms with Crippen LogP contribution >= 0.6 is 11.3 Å². The number of fused-ring (bicyclic) bond motifs is 2. The molecule has 1 aliphatic rings. The number of carbonyl (C=O) groups is 2. The Kier molecular flexibility index (Phi) is 5.65. The van der Waals surface area contributed by atoms with Crippen LogP contribution < -0.4 is 10.2 Å². The average molecular weight is 410 g/mol. The molecule has 0 saturated heterocycles. The van der Waals surface area contributed by atoms with Gasteiger partial charge in [0.2, 0.25) is 0 Å². The molecule has 1 amide bonds. The van der Waals surface area contributed by atoms with Crippen molar-refractivity contribution in [2.45, 2.75) is 26.8 Å².